The number of halogens is 1. The lowest BCUT2D eigenvalue weighted by atomic mass is 10.1. The number of alkyl halides is 1. The van der Waals surface area contributed by atoms with Crippen LogP contribution in [0.3, 0.4) is 0 Å². The van der Waals surface area contributed by atoms with E-state index in [1.54, 1.807) is 16.8 Å². The molecule has 0 radical (unpaired) electrons. The Morgan fingerprint density at radius 3 is 2.67 bits per heavy atom. The van der Waals surface area contributed by atoms with Gasteiger partial charge < -0.3 is 0 Å². The Hall–Kier alpha value is -1.30. The smallest absolute Gasteiger partial charge is 0.167 e. The van der Waals surface area contributed by atoms with Crippen LogP contribution in [0.2, 0.25) is 0 Å². The lowest BCUT2D eigenvalue weighted by Crippen LogP contribution is -1.91. The molecule has 0 spiro atoms. The monoisotopic (exact) mass is 293 g/mol. The maximum atomic E-state index is 6.40. The Labute approximate surface area is 117 Å². The van der Waals surface area contributed by atoms with Crippen molar-refractivity contribution in [3.8, 4) is 10.7 Å². The van der Waals surface area contributed by atoms with Gasteiger partial charge in [-0.25, -0.2) is 4.98 Å². The minimum atomic E-state index is -0.254. The number of thiazole rings is 1. The molecule has 0 aliphatic heterocycles. The van der Waals surface area contributed by atoms with Gasteiger partial charge in [-0.05, 0) is 5.56 Å². The maximum absolute atomic E-state index is 6.40. The van der Waals surface area contributed by atoms with Gasteiger partial charge in [0, 0.05) is 5.38 Å². The molecule has 1 aromatic carbocycles. The molecule has 3 rings (SSSR count). The summed E-state index contributed by atoms with van der Waals surface area (Å²) < 4.78 is 0. The highest BCUT2D eigenvalue weighted by atomic mass is 35.5. The highest BCUT2D eigenvalue weighted by Gasteiger charge is 2.17. The standard InChI is InChI=1S/C12H8ClN3S2/c13-10(8-4-2-1-3-5-8)12-16-15-11(18-12)9-6-17-7-14-9/h1-7,10H. The molecular weight excluding hydrogens is 286 g/mol. The molecule has 1 unspecified atom stereocenters. The van der Waals surface area contributed by atoms with Gasteiger partial charge in [-0.15, -0.1) is 33.1 Å². The Morgan fingerprint density at radius 2 is 1.94 bits per heavy atom. The molecular formula is C12H8ClN3S2. The van der Waals surface area contributed by atoms with Crippen LogP contribution in [0.1, 0.15) is 15.9 Å². The summed E-state index contributed by atoms with van der Waals surface area (Å²) in [7, 11) is 0. The fourth-order valence-electron chi connectivity index (χ4n) is 1.52. The molecule has 0 aliphatic carbocycles. The third kappa shape index (κ3) is 2.29. The molecule has 0 bridgehead atoms. The van der Waals surface area contributed by atoms with Gasteiger partial charge in [-0.1, -0.05) is 41.7 Å². The van der Waals surface area contributed by atoms with Crippen molar-refractivity contribution < 1.29 is 0 Å². The molecule has 2 aromatic heterocycles. The van der Waals surface area contributed by atoms with Gasteiger partial charge in [0.15, 0.2) is 5.01 Å². The fraction of sp³-hybridized carbons (Fsp3) is 0.0833. The Balaban J connectivity index is 1.90. The normalized spacial score (nSPS) is 12.5. The van der Waals surface area contributed by atoms with Gasteiger partial charge in [0.25, 0.3) is 0 Å². The van der Waals surface area contributed by atoms with Crippen molar-refractivity contribution in [2.24, 2.45) is 0 Å². The third-order valence-corrected chi connectivity index (χ3v) is 4.59. The van der Waals surface area contributed by atoms with Crippen molar-refractivity contribution in [2.45, 2.75) is 5.38 Å². The zero-order valence-electron chi connectivity index (χ0n) is 9.15. The molecule has 3 aromatic rings. The van der Waals surface area contributed by atoms with Gasteiger partial charge in [0.2, 0.25) is 0 Å². The van der Waals surface area contributed by atoms with Gasteiger partial charge in [0.05, 0.1) is 5.51 Å². The van der Waals surface area contributed by atoms with Crippen LogP contribution in [-0.4, -0.2) is 15.2 Å². The number of rotatable bonds is 3. The molecule has 0 saturated heterocycles. The van der Waals surface area contributed by atoms with Crippen LogP contribution in [0.4, 0.5) is 0 Å². The third-order valence-electron chi connectivity index (χ3n) is 2.40. The maximum Gasteiger partial charge on any atom is 0.167 e. The van der Waals surface area contributed by atoms with Gasteiger partial charge in [0.1, 0.15) is 16.1 Å². The summed E-state index contributed by atoms with van der Waals surface area (Å²) in [5.74, 6) is 0. The molecule has 18 heavy (non-hydrogen) atoms. The number of hydrogen-bond acceptors (Lipinski definition) is 5. The predicted molar refractivity (Wildman–Crippen MR) is 75.2 cm³/mol. The molecule has 1 atom stereocenters. The first kappa shape index (κ1) is 11.8. The molecule has 90 valence electrons. The molecule has 0 aliphatic rings. The first-order valence-electron chi connectivity index (χ1n) is 5.25. The van der Waals surface area contributed by atoms with E-state index in [-0.39, 0.29) is 5.38 Å². The summed E-state index contributed by atoms with van der Waals surface area (Å²) in [5.41, 5.74) is 3.67. The molecule has 0 N–H and O–H groups in total. The quantitative estimate of drug-likeness (QED) is 0.685. The zero-order chi connectivity index (χ0) is 12.4. The van der Waals surface area contributed by atoms with Gasteiger partial charge in [-0.3, -0.25) is 0 Å². The van der Waals surface area contributed by atoms with Gasteiger partial charge >= 0.3 is 0 Å². The number of nitrogens with zero attached hydrogens (tertiary/aromatic N) is 3. The van der Waals surface area contributed by atoms with Crippen molar-refractivity contribution in [1.29, 1.82) is 0 Å². The number of benzene rings is 1. The van der Waals surface area contributed by atoms with E-state index >= 15 is 0 Å². The Kier molecular flexibility index (Phi) is 3.36. The SMILES string of the molecule is ClC(c1ccccc1)c1nnc(-c2cscn2)s1. The first-order valence-corrected chi connectivity index (χ1v) is 7.45. The summed E-state index contributed by atoms with van der Waals surface area (Å²) in [4.78, 5) is 4.22. The summed E-state index contributed by atoms with van der Waals surface area (Å²) in [6.45, 7) is 0. The topological polar surface area (TPSA) is 38.7 Å². The lowest BCUT2D eigenvalue weighted by Gasteiger charge is -2.04. The van der Waals surface area contributed by atoms with Crippen LogP contribution in [0, 0.1) is 0 Å². The molecule has 0 fully saturated rings. The van der Waals surface area contributed by atoms with E-state index in [0.29, 0.717) is 0 Å². The van der Waals surface area contributed by atoms with Crippen LogP contribution in [0.15, 0.2) is 41.2 Å². The van der Waals surface area contributed by atoms with Crippen molar-refractivity contribution in [2.75, 3.05) is 0 Å². The molecule has 0 amide bonds. The average molecular weight is 294 g/mol. The van der Waals surface area contributed by atoms with Crippen LogP contribution in [0.25, 0.3) is 10.7 Å². The summed E-state index contributed by atoms with van der Waals surface area (Å²) >= 11 is 9.42. The molecule has 2 heterocycles. The van der Waals surface area contributed by atoms with E-state index in [0.717, 1.165) is 21.3 Å². The fourth-order valence-corrected chi connectivity index (χ4v) is 3.27. The number of hydrogen-bond donors (Lipinski definition) is 0. The second-order valence-corrected chi connectivity index (χ2v) is 5.76. The van der Waals surface area contributed by atoms with Crippen LogP contribution in [-0.2, 0) is 0 Å². The Morgan fingerprint density at radius 1 is 1.11 bits per heavy atom. The van der Waals surface area contributed by atoms with E-state index < -0.39 is 0 Å². The zero-order valence-corrected chi connectivity index (χ0v) is 11.5. The molecule has 0 saturated carbocycles. The van der Waals surface area contributed by atoms with Crippen molar-refractivity contribution >= 4 is 34.3 Å². The van der Waals surface area contributed by atoms with E-state index in [1.165, 1.54) is 11.3 Å². The predicted octanol–water partition coefficient (Wildman–Crippen LogP) is 3.99. The second kappa shape index (κ2) is 5.14. The number of aromatic nitrogens is 3. The van der Waals surface area contributed by atoms with Crippen molar-refractivity contribution in [1.82, 2.24) is 15.2 Å². The van der Waals surface area contributed by atoms with E-state index in [1.807, 2.05) is 35.7 Å². The highest BCUT2D eigenvalue weighted by molar-refractivity contribution is 7.15. The first-order chi connectivity index (χ1) is 8.84. The molecule has 6 heteroatoms. The second-order valence-electron chi connectivity index (χ2n) is 3.59. The highest BCUT2D eigenvalue weighted by Crippen LogP contribution is 2.33. The summed E-state index contributed by atoms with van der Waals surface area (Å²) in [6.07, 6.45) is 0. The van der Waals surface area contributed by atoms with E-state index in [4.69, 9.17) is 11.6 Å². The summed E-state index contributed by atoms with van der Waals surface area (Å²) in [5, 5.41) is 11.6. The van der Waals surface area contributed by atoms with Crippen LogP contribution in [0.5, 0.6) is 0 Å². The van der Waals surface area contributed by atoms with Gasteiger partial charge in [-0.2, -0.15) is 0 Å². The van der Waals surface area contributed by atoms with E-state index in [2.05, 4.69) is 15.2 Å². The van der Waals surface area contributed by atoms with Crippen LogP contribution >= 0.6 is 34.3 Å². The minimum absolute atomic E-state index is 0.254. The minimum Gasteiger partial charge on any atom is -0.242 e. The van der Waals surface area contributed by atoms with Crippen LogP contribution < -0.4 is 0 Å². The van der Waals surface area contributed by atoms with Crippen molar-refractivity contribution in [3.05, 3.63) is 51.8 Å². The Bertz CT molecular complexity index is 622. The largest absolute Gasteiger partial charge is 0.242 e. The van der Waals surface area contributed by atoms with Crippen molar-refractivity contribution in [3.63, 3.8) is 0 Å². The summed E-state index contributed by atoms with van der Waals surface area (Å²) in [6, 6.07) is 9.87. The average Bonchev–Trinajstić information content (AvgIpc) is 3.09. The molecule has 3 nitrogen and oxygen atoms in total. The van der Waals surface area contributed by atoms with E-state index in [9.17, 15) is 0 Å². The lowest BCUT2D eigenvalue weighted by molar-refractivity contribution is 0.986.